The summed E-state index contributed by atoms with van der Waals surface area (Å²) in [7, 11) is 0. The van der Waals surface area contributed by atoms with Crippen molar-refractivity contribution in [1.82, 2.24) is 0 Å². The average Bonchev–Trinajstić information content (AvgIpc) is 2.44. The van der Waals surface area contributed by atoms with Crippen LogP contribution in [0.3, 0.4) is 0 Å². The summed E-state index contributed by atoms with van der Waals surface area (Å²) in [5.74, 6) is -0.0465. The van der Waals surface area contributed by atoms with E-state index < -0.39 is 5.97 Å². The lowest BCUT2D eigenvalue weighted by molar-refractivity contribution is -0.137. The zero-order valence-electron chi connectivity index (χ0n) is 12.1. The highest BCUT2D eigenvalue weighted by Gasteiger charge is 2.10. The molecule has 0 bridgehead atoms. The maximum Gasteiger partial charge on any atom is 0.303 e. The Labute approximate surface area is 119 Å². The molecular formula is C16H22O4. The topological polar surface area (TPSA) is 63.6 Å². The summed E-state index contributed by atoms with van der Waals surface area (Å²) in [4.78, 5) is 22.4. The Morgan fingerprint density at radius 3 is 2.55 bits per heavy atom. The molecule has 0 saturated heterocycles. The summed E-state index contributed by atoms with van der Waals surface area (Å²) in [6, 6.07) is 5.44. The number of aliphatic carboxylic acids is 1. The van der Waals surface area contributed by atoms with Crippen molar-refractivity contribution in [3.05, 3.63) is 29.3 Å². The fourth-order valence-corrected chi connectivity index (χ4v) is 1.93. The Hall–Kier alpha value is -1.84. The number of rotatable bonds is 9. The Bertz CT molecular complexity index is 466. The van der Waals surface area contributed by atoms with Gasteiger partial charge in [-0.15, -0.1) is 0 Å². The smallest absolute Gasteiger partial charge is 0.303 e. The van der Waals surface area contributed by atoms with E-state index in [0.29, 0.717) is 18.6 Å². The number of carboxylic acids is 1. The summed E-state index contributed by atoms with van der Waals surface area (Å²) in [5, 5.41) is 8.57. The van der Waals surface area contributed by atoms with Gasteiger partial charge in [-0.2, -0.15) is 0 Å². The zero-order chi connectivity index (χ0) is 15.0. The highest BCUT2D eigenvalue weighted by atomic mass is 16.5. The summed E-state index contributed by atoms with van der Waals surface area (Å²) in [6.07, 6.45) is 2.42. The third kappa shape index (κ3) is 5.03. The molecule has 4 heteroatoms. The molecule has 0 aromatic heterocycles. The molecule has 0 spiro atoms. The molecule has 1 aromatic rings. The molecule has 110 valence electrons. The summed E-state index contributed by atoms with van der Waals surface area (Å²) in [6.45, 7) is 4.73. The number of carboxylic acid groups (broad SMARTS) is 1. The first-order chi connectivity index (χ1) is 9.58. The normalized spacial score (nSPS) is 10.3. The number of benzene rings is 1. The number of ketones is 1. The van der Waals surface area contributed by atoms with Gasteiger partial charge in [0, 0.05) is 18.4 Å². The van der Waals surface area contributed by atoms with E-state index in [0.717, 1.165) is 24.2 Å². The SMILES string of the molecule is CCCOc1ccc(C(=O)CCCC(=O)O)cc1CC. The van der Waals surface area contributed by atoms with Crippen LogP contribution in [-0.4, -0.2) is 23.5 Å². The van der Waals surface area contributed by atoms with Gasteiger partial charge in [0.05, 0.1) is 6.61 Å². The molecule has 0 saturated carbocycles. The first kappa shape index (κ1) is 16.2. The van der Waals surface area contributed by atoms with Crippen molar-refractivity contribution in [2.75, 3.05) is 6.61 Å². The van der Waals surface area contributed by atoms with Crippen molar-refractivity contribution in [1.29, 1.82) is 0 Å². The second-order valence-electron chi connectivity index (χ2n) is 4.69. The quantitative estimate of drug-likeness (QED) is 0.702. The lowest BCUT2D eigenvalue weighted by Crippen LogP contribution is -2.04. The van der Waals surface area contributed by atoms with Crippen LogP contribution in [0.5, 0.6) is 5.75 Å². The van der Waals surface area contributed by atoms with Crippen molar-refractivity contribution < 1.29 is 19.4 Å². The molecule has 1 N–H and O–H groups in total. The Balaban J connectivity index is 2.71. The predicted octanol–water partition coefficient (Wildman–Crippen LogP) is 3.48. The van der Waals surface area contributed by atoms with Gasteiger partial charge in [-0.05, 0) is 43.0 Å². The number of ether oxygens (including phenoxy) is 1. The second kappa shape index (κ2) is 8.35. The minimum atomic E-state index is -0.865. The molecule has 0 radical (unpaired) electrons. The molecule has 20 heavy (non-hydrogen) atoms. The highest BCUT2D eigenvalue weighted by molar-refractivity contribution is 5.96. The summed E-state index contributed by atoms with van der Waals surface area (Å²) in [5.41, 5.74) is 1.65. The lowest BCUT2D eigenvalue weighted by atomic mass is 10.0. The van der Waals surface area contributed by atoms with E-state index in [2.05, 4.69) is 0 Å². The van der Waals surface area contributed by atoms with Crippen LogP contribution >= 0.6 is 0 Å². The molecule has 0 aliphatic carbocycles. The van der Waals surface area contributed by atoms with Crippen LogP contribution in [0.2, 0.25) is 0 Å². The lowest BCUT2D eigenvalue weighted by Gasteiger charge is -2.11. The molecule has 0 fully saturated rings. The maximum absolute atomic E-state index is 12.0. The van der Waals surface area contributed by atoms with Crippen molar-refractivity contribution >= 4 is 11.8 Å². The number of carbonyl (C=O) groups excluding carboxylic acids is 1. The maximum atomic E-state index is 12.0. The summed E-state index contributed by atoms with van der Waals surface area (Å²) >= 11 is 0. The fraction of sp³-hybridized carbons (Fsp3) is 0.500. The van der Waals surface area contributed by atoms with Gasteiger partial charge in [-0.1, -0.05) is 13.8 Å². The summed E-state index contributed by atoms with van der Waals surface area (Å²) < 4.78 is 5.64. The predicted molar refractivity (Wildman–Crippen MR) is 77.4 cm³/mol. The minimum absolute atomic E-state index is 0.0111. The van der Waals surface area contributed by atoms with E-state index in [4.69, 9.17) is 9.84 Å². The van der Waals surface area contributed by atoms with Crippen LogP contribution in [0.1, 0.15) is 55.5 Å². The Morgan fingerprint density at radius 2 is 1.95 bits per heavy atom. The largest absolute Gasteiger partial charge is 0.493 e. The first-order valence-corrected chi connectivity index (χ1v) is 7.09. The van der Waals surface area contributed by atoms with Crippen LogP contribution in [0, 0.1) is 0 Å². The molecular weight excluding hydrogens is 256 g/mol. The molecule has 0 unspecified atom stereocenters. The molecule has 4 nitrogen and oxygen atoms in total. The van der Waals surface area contributed by atoms with E-state index in [1.54, 1.807) is 6.07 Å². The van der Waals surface area contributed by atoms with Gasteiger partial charge in [0.25, 0.3) is 0 Å². The van der Waals surface area contributed by atoms with Crippen molar-refractivity contribution in [2.24, 2.45) is 0 Å². The van der Waals surface area contributed by atoms with E-state index in [1.807, 2.05) is 26.0 Å². The molecule has 1 aromatic carbocycles. The second-order valence-corrected chi connectivity index (χ2v) is 4.69. The van der Waals surface area contributed by atoms with E-state index >= 15 is 0 Å². The van der Waals surface area contributed by atoms with E-state index in [1.165, 1.54) is 0 Å². The van der Waals surface area contributed by atoms with Crippen LogP contribution in [-0.2, 0) is 11.2 Å². The van der Waals surface area contributed by atoms with Gasteiger partial charge < -0.3 is 9.84 Å². The van der Waals surface area contributed by atoms with Crippen LogP contribution in [0.4, 0.5) is 0 Å². The number of aryl methyl sites for hydroxylation is 1. The van der Waals surface area contributed by atoms with Crippen LogP contribution < -0.4 is 4.74 Å². The number of Topliss-reactive ketones (excluding diaryl/α,β-unsaturated/α-hetero) is 1. The Kier molecular flexibility index (Phi) is 6.77. The third-order valence-corrected chi connectivity index (χ3v) is 3.02. The average molecular weight is 278 g/mol. The molecule has 0 aliphatic rings. The van der Waals surface area contributed by atoms with Gasteiger partial charge in [-0.25, -0.2) is 0 Å². The van der Waals surface area contributed by atoms with Crippen molar-refractivity contribution in [2.45, 2.75) is 46.0 Å². The molecule has 0 heterocycles. The monoisotopic (exact) mass is 278 g/mol. The van der Waals surface area contributed by atoms with Gasteiger partial charge >= 0.3 is 5.97 Å². The van der Waals surface area contributed by atoms with Crippen molar-refractivity contribution in [3.8, 4) is 5.75 Å². The molecule has 0 amide bonds. The Morgan fingerprint density at radius 1 is 1.20 bits per heavy atom. The van der Waals surface area contributed by atoms with Gasteiger partial charge in [0.1, 0.15) is 5.75 Å². The van der Waals surface area contributed by atoms with Crippen molar-refractivity contribution in [3.63, 3.8) is 0 Å². The highest BCUT2D eigenvalue weighted by Crippen LogP contribution is 2.22. The molecule has 0 atom stereocenters. The van der Waals surface area contributed by atoms with Gasteiger partial charge in [0.2, 0.25) is 0 Å². The third-order valence-electron chi connectivity index (χ3n) is 3.02. The number of hydrogen-bond donors (Lipinski definition) is 1. The van der Waals surface area contributed by atoms with E-state index in [-0.39, 0.29) is 18.6 Å². The van der Waals surface area contributed by atoms with Crippen LogP contribution in [0.15, 0.2) is 18.2 Å². The molecule has 1 rings (SSSR count). The first-order valence-electron chi connectivity index (χ1n) is 7.09. The standard InChI is InChI=1S/C16H22O4/c1-3-10-20-15-9-8-13(11-12(15)4-2)14(17)6-5-7-16(18)19/h8-9,11H,3-7,10H2,1-2H3,(H,18,19). The fourth-order valence-electron chi connectivity index (χ4n) is 1.93. The van der Waals surface area contributed by atoms with Gasteiger partial charge in [-0.3, -0.25) is 9.59 Å². The number of hydrogen-bond acceptors (Lipinski definition) is 3. The van der Waals surface area contributed by atoms with E-state index in [9.17, 15) is 9.59 Å². The minimum Gasteiger partial charge on any atom is -0.493 e. The zero-order valence-corrected chi connectivity index (χ0v) is 12.1. The number of carbonyl (C=O) groups is 2. The molecule has 0 aliphatic heterocycles. The van der Waals surface area contributed by atoms with Crippen LogP contribution in [0.25, 0.3) is 0 Å². The van der Waals surface area contributed by atoms with Gasteiger partial charge in [0.15, 0.2) is 5.78 Å².